The Morgan fingerprint density at radius 2 is 2.00 bits per heavy atom. The summed E-state index contributed by atoms with van der Waals surface area (Å²) in [6, 6.07) is 6.97. The van der Waals surface area contributed by atoms with Gasteiger partial charge in [-0.1, -0.05) is 0 Å². The molecule has 0 aliphatic rings. The van der Waals surface area contributed by atoms with Crippen molar-refractivity contribution in [2.45, 2.75) is 6.54 Å². The highest BCUT2D eigenvalue weighted by atomic mass is 35.5. The molecule has 0 aliphatic carbocycles. The van der Waals surface area contributed by atoms with E-state index in [1.54, 1.807) is 13.2 Å². The number of hydrogen-bond acceptors (Lipinski definition) is 4. The standard InChI is InChI=1S/C15H20NO4.ClH/c1-16(2,6-7-17)10-11-8-15(18)20-14-9-12(19-3)4-5-13(11)14;/h4-5,8-9,17H,6-7,10H2,1-3H3;1H/q+1;/p-1. The maximum Gasteiger partial charge on any atom is 0.336 e. The average molecular weight is 314 g/mol. The van der Waals surface area contributed by atoms with Crippen LogP contribution in [0, 0.1) is 0 Å². The van der Waals surface area contributed by atoms with Crippen molar-refractivity contribution in [3.05, 3.63) is 40.2 Å². The van der Waals surface area contributed by atoms with Gasteiger partial charge in [0.15, 0.2) is 0 Å². The Balaban J connectivity index is 0.00000220. The van der Waals surface area contributed by atoms with Crippen LogP contribution in [0.1, 0.15) is 5.56 Å². The van der Waals surface area contributed by atoms with E-state index in [0.717, 1.165) is 10.9 Å². The van der Waals surface area contributed by atoms with Crippen molar-refractivity contribution >= 4 is 11.0 Å². The quantitative estimate of drug-likeness (QED) is 0.532. The van der Waals surface area contributed by atoms with Crippen molar-refractivity contribution in [3.63, 3.8) is 0 Å². The number of rotatable bonds is 5. The van der Waals surface area contributed by atoms with Gasteiger partial charge in [-0.3, -0.25) is 0 Å². The predicted molar refractivity (Wildman–Crippen MR) is 76.8 cm³/mol. The van der Waals surface area contributed by atoms with Crippen LogP contribution in [-0.4, -0.2) is 43.9 Å². The van der Waals surface area contributed by atoms with Gasteiger partial charge in [0, 0.05) is 23.1 Å². The number of ether oxygens (including phenoxy) is 1. The molecular formula is C15H20ClNO4. The van der Waals surface area contributed by atoms with Crippen molar-refractivity contribution in [2.24, 2.45) is 0 Å². The summed E-state index contributed by atoms with van der Waals surface area (Å²) in [5.74, 6) is 0.655. The first-order chi connectivity index (χ1) is 9.45. The van der Waals surface area contributed by atoms with Crippen LogP contribution >= 0.6 is 0 Å². The van der Waals surface area contributed by atoms with Crippen LogP contribution in [0.15, 0.2) is 33.5 Å². The highest BCUT2D eigenvalue weighted by molar-refractivity contribution is 5.81. The maximum atomic E-state index is 11.7. The summed E-state index contributed by atoms with van der Waals surface area (Å²) in [6.45, 7) is 1.38. The minimum Gasteiger partial charge on any atom is -1.00 e. The summed E-state index contributed by atoms with van der Waals surface area (Å²) < 4.78 is 11.0. The van der Waals surface area contributed by atoms with Crippen LogP contribution < -0.4 is 22.8 Å². The Kier molecular flexibility index (Phi) is 5.78. The van der Waals surface area contributed by atoms with Gasteiger partial charge in [-0.2, -0.15) is 0 Å². The van der Waals surface area contributed by atoms with Gasteiger partial charge in [0.2, 0.25) is 0 Å². The van der Waals surface area contributed by atoms with Gasteiger partial charge in [0.05, 0.1) is 27.8 Å². The molecule has 0 radical (unpaired) electrons. The largest absolute Gasteiger partial charge is 1.00 e. The lowest BCUT2D eigenvalue weighted by Crippen LogP contribution is -3.00. The maximum absolute atomic E-state index is 11.7. The molecule has 0 aliphatic heterocycles. The number of quaternary nitrogens is 1. The molecule has 21 heavy (non-hydrogen) atoms. The number of likely N-dealkylation sites (N-methyl/N-ethyl adjacent to an activating group) is 1. The third-order valence-electron chi connectivity index (χ3n) is 3.34. The third-order valence-corrected chi connectivity index (χ3v) is 3.34. The van der Waals surface area contributed by atoms with Gasteiger partial charge in [-0.05, 0) is 12.1 Å². The normalized spacial score (nSPS) is 11.2. The lowest BCUT2D eigenvalue weighted by Gasteiger charge is -2.29. The lowest BCUT2D eigenvalue weighted by atomic mass is 10.1. The van der Waals surface area contributed by atoms with E-state index in [9.17, 15) is 4.79 Å². The van der Waals surface area contributed by atoms with E-state index in [1.165, 1.54) is 6.07 Å². The van der Waals surface area contributed by atoms with Crippen LogP contribution in [0.25, 0.3) is 11.0 Å². The molecular weight excluding hydrogens is 294 g/mol. The predicted octanol–water partition coefficient (Wildman–Crippen LogP) is -1.63. The summed E-state index contributed by atoms with van der Waals surface area (Å²) in [4.78, 5) is 11.7. The second-order valence-electron chi connectivity index (χ2n) is 5.49. The fraction of sp³-hybridized carbons (Fsp3) is 0.400. The van der Waals surface area contributed by atoms with E-state index in [-0.39, 0.29) is 24.6 Å². The number of aliphatic hydroxyl groups excluding tert-OH is 1. The van der Waals surface area contributed by atoms with Gasteiger partial charge in [0.25, 0.3) is 0 Å². The topological polar surface area (TPSA) is 59.7 Å². The van der Waals surface area contributed by atoms with Crippen LogP contribution in [0.3, 0.4) is 0 Å². The van der Waals surface area contributed by atoms with E-state index in [1.807, 2.05) is 26.2 Å². The van der Waals surface area contributed by atoms with Gasteiger partial charge in [-0.25, -0.2) is 4.79 Å². The minimum absolute atomic E-state index is 0. The first kappa shape index (κ1) is 17.5. The first-order valence-electron chi connectivity index (χ1n) is 6.49. The molecule has 0 unspecified atom stereocenters. The molecule has 2 rings (SSSR count). The highest BCUT2D eigenvalue weighted by Crippen LogP contribution is 2.24. The molecule has 0 atom stereocenters. The molecule has 2 aromatic rings. The monoisotopic (exact) mass is 313 g/mol. The molecule has 0 bridgehead atoms. The van der Waals surface area contributed by atoms with E-state index in [4.69, 9.17) is 14.3 Å². The van der Waals surface area contributed by atoms with Gasteiger partial charge in [0.1, 0.15) is 24.4 Å². The summed E-state index contributed by atoms with van der Waals surface area (Å²) in [7, 11) is 5.60. The number of benzene rings is 1. The Bertz CT molecular complexity index is 666. The minimum atomic E-state index is -0.371. The molecule has 1 aromatic heterocycles. The third kappa shape index (κ3) is 4.20. The van der Waals surface area contributed by atoms with Crippen molar-refractivity contribution in [2.75, 3.05) is 34.4 Å². The van der Waals surface area contributed by atoms with E-state index in [0.29, 0.717) is 28.9 Å². The zero-order valence-electron chi connectivity index (χ0n) is 12.4. The summed E-state index contributed by atoms with van der Waals surface area (Å²) in [5.41, 5.74) is 1.07. The lowest BCUT2D eigenvalue weighted by molar-refractivity contribution is -0.903. The second kappa shape index (κ2) is 6.93. The van der Waals surface area contributed by atoms with Crippen LogP contribution in [0.5, 0.6) is 5.75 Å². The number of hydrogen-bond donors (Lipinski definition) is 1. The Morgan fingerprint density at radius 3 is 2.62 bits per heavy atom. The van der Waals surface area contributed by atoms with Crippen molar-refractivity contribution < 1.29 is 31.2 Å². The number of aliphatic hydroxyl groups is 1. The second-order valence-corrected chi connectivity index (χ2v) is 5.49. The van der Waals surface area contributed by atoms with Crippen molar-refractivity contribution in [1.29, 1.82) is 0 Å². The molecule has 1 heterocycles. The number of halogens is 1. The summed E-state index contributed by atoms with van der Waals surface area (Å²) in [6.07, 6.45) is 0. The fourth-order valence-electron chi connectivity index (χ4n) is 2.28. The highest BCUT2D eigenvalue weighted by Gasteiger charge is 2.18. The van der Waals surface area contributed by atoms with Gasteiger partial charge < -0.3 is 31.2 Å². The summed E-state index contributed by atoms with van der Waals surface area (Å²) in [5, 5.41) is 10.0. The molecule has 1 aromatic carbocycles. The number of fused-ring (bicyclic) bond motifs is 1. The average Bonchev–Trinajstić information content (AvgIpc) is 2.37. The first-order valence-corrected chi connectivity index (χ1v) is 6.49. The fourth-order valence-corrected chi connectivity index (χ4v) is 2.28. The molecule has 0 fully saturated rings. The van der Waals surface area contributed by atoms with Crippen LogP contribution in [0.2, 0.25) is 0 Å². The molecule has 5 nitrogen and oxygen atoms in total. The smallest absolute Gasteiger partial charge is 0.336 e. The Morgan fingerprint density at radius 1 is 1.29 bits per heavy atom. The molecule has 116 valence electrons. The van der Waals surface area contributed by atoms with Gasteiger partial charge >= 0.3 is 5.63 Å². The zero-order valence-corrected chi connectivity index (χ0v) is 13.2. The van der Waals surface area contributed by atoms with E-state index >= 15 is 0 Å². The Labute approximate surface area is 129 Å². The van der Waals surface area contributed by atoms with Crippen LogP contribution in [0.4, 0.5) is 0 Å². The molecule has 0 spiro atoms. The van der Waals surface area contributed by atoms with E-state index in [2.05, 4.69) is 0 Å². The molecule has 1 N–H and O–H groups in total. The van der Waals surface area contributed by atoms with Crippen molar-refractivity contribution in [3.8, 4) is 5.75 Å². The Hall–Kier alpha value is -1.56. The van der Waals surface area contributed by atoms with Gasteiger partial charge in [-0.15, -0.1) is 0 Å². The van der Waals surface area contributed by atoms with Crippen LogP contribution in [-0.2, 0) is 6.54 Å². The zero-order chi connectivity index (χ0) is 14.8. The molecule has 0 saturated heterocycles. The molecule has 6 heteroatoms. The number of methoxy groups -OCH3 is 1. The number of nitrogens with zero attached hydrogens (tertiary/aromatic N) is 1. The SMILES string of the molecule is COc1ccc2c(C[N+](C)(C)CCO)cc(=O)oc2c1.[Cl-]. The summed E-state index contributed by atoms with van der Waals surface area (Å²) >= 11 is 0. The molecule has 0 saturated carbocycles. The van der Waals surface area contributed by atoms with Crippen molar-refractivity contribution in [1.82, 2.24) is 0 Å². The van der Waals surface area contributed by atoms with E-state index < -0.39 is 0 Å². The molecule has 0 amide bonds.